The van der Waals surface area contributed by atoms with Gasteiger partial charge in [0.15, 0.2) is 0 Å². The lowest BCUT2D eigenvalue weighted by atomic mass is 10.1. The average molecular weight is 254 g/mol. The highest BCUT2D eigenvalue weighted by Gasteiger charge is 2.33. The van der Waals surface area contributed by atoms with Gasteiger partial charge in [0.2, 0.25) is 0 Å². The first-order chi connectivity index (χ1) is 5.82. The van der Waals surface area contributed by atoms with Crippen LogP contribution in [-0.4, -0.2) is 4.98 Å². The second-order valence-electron chi connectivity index (χ2n) is 2.74. The SMILES string of the molecule is Cc1cc(C(F)(F)F)nc(Br)c1C. The molecule has 13 heavy (non-hydrogen) atoms. The van der Waals surface area contributed by atoms with E-state index in [0.29, 0.717) is 5.56 Å². The first-order valence-electron chi connectivity index (χ1n) is 3.53. The third kappa shape index (κ3) is 2.21. The lowest BCUT2D eigenvalue weighted by Crippen LogP contribution is -2.09. The topological polar surface area (TPSA) is 12.9 Å². The molecule has 1 aromatic rings. The second kappa shape index (κ2) is 3.29. The van der Waals surface area contributed by atoms with Gasteiger partial charge >= 0.3 is 6.18 Å². The molecule has 72 valence electrons. The smallest absolute Gasteiger partial charge is 0.236 e. The quantitative estimate of drug-likeness (QED) is 0.646. The molecule has 1 rings (SSSR count). The molecular formula is C8H7BrF3N. The third-order valence-electron chi connectivity index (χ3n) is 1.76. The summed E-state index contributed by atoms with van der Waals surface area (Å²) in [6, 6.07) is 1.04. The molecule has 1 aromatic heterocycles. The first-order valence-corrected chi connectivity index (χ1v) is 4.32. The maximum absolute atomic E-state index is 12.2. The fourth-order valence-corrected chi connectivity index (χ4v) is 1.35. The number of halogens is 4. The Morgan fingerprint density at radius 3 is 2.23 bits per heavy atom. The van der Waals surface area contributed by atoms with Crippen LogP contribution in [0.4, 0.5) is 13.2 Å². The Kier molecular flexibility index (Phi) is 2.66. The average Bonchev–Trinajstić information content (AvgIpc) is 1.97. The number of rotatable bonds is 0. The van der Waals surface area contributed by atoms with E-state index >= 15 is 0 Å². The Balaban J connectivity index is 3.29. The predicted octanol–water partition coefficient (Wildman–Crippen LogP) is 3.48. The van der Waals surface area contributed by atoms with Gasteiger partial charge < -0.3 is 0 Å². The van der Waals surface area contributed by atoms with E-state index in [9.17, 15) is 13.2 Å². The fourth-order valence-electron chi connectivity index (χ4n) is 0.843. The van der Waals surface area contributed by atoms with Crippen molar-refractivity contribution >= 4 is 15.9 Å². The summed E-state index contributed by atoms with van der Waals surface area (Å²) in [5.41, 5.74) is 0.449. The minimum Gasteiger partial charge on any atom is -0.236 e. The maximum atomic E-state index is 12.2. The van der Waals surface area contributed by atoms with Crippen LogP contribution < -0.4 is 0 Å². The molecule has 1 heterocycles. The Labute approximate surface area is 82.1 Å². The lowest BCUT2D eigenvalue weighted by molar-refractivity contribution is -0.141. The van der Waals surface area contributed by atoms with E-state index in [1.54, 1.807) is 13.8 Å². The number of alkyl halides is 3. The minimum atomic E-state index is -4.37. The molecule has 0 bridgehead atoms. The molecule has 0 aliphatic carbocycles. The van der Waals surface area contributed by atoms with Gasteiger partial charge in [0.05, 0.1) is 0 Å². The van der Waals surface area contributed by atoms with Crippen LogP contribution in [0.3, 0.4) is 0 Å². The molecule has 0 atom stereocenters. The van der Waals surface area contributed by atoms with E-state index in [1.165, 1.54) is 0 Å². The summed E-state index contributed by atoms with van der Waals surface area (Å²) < 4.78 is 36.8. The molecule has 0 N–H and O–H groups in total. The van der Waals surface area contributed by atoms with Gasteiger partial charge in [-0.25, -0.2) is 4.98 Å². The Bertz CT molecular complexity index is 310. The lowest BCUT2D eigenvalue weighted by Gasteiger charge is -2.09. The number of aryl methyl sites for hydroxylation is 1. The molecule has 0 aliphatic heterocycles. The standard InChI is InChI=1S/C8H7BrF3N/c1-4-3-6(8(10,11)12)13-7(9)5(4)2/h3H,1-2H3. The number of nitrogens with zero attached hydrogens (tertiary/aromatic N) is 1. The second-order valence-corrected chi connectivity index (χ2v) is 3.49. The van der Waals surface area contributed by atoms with Crippen LogP contribution in [0.15, 0.2) is 10.7 Å². The van der Waals surface area contributed by atoms with Crippen LogP contribution in [0.2, 0.25) is 0 Å². The van der Waals surface area contributed by atoms with E-state index in [0.717, 1.165) is 11.6 Å². The molecule has 0 radical (unpaired) electrons. The van der Waals surface area contributed by atoms with Crippen molar-refractivity contribution in [3.05, 3.63) is 27.5 Å². The van der Waals surface area contributed by atoms with Crippen molar-refractivity contribution in [2.75, 3.05) is 0 Å². The normalized spacial score (nSPS) is 11.8. The summed E-state index contributed by atoms with van der Waals surface area (Å²) >= 11 is 2.98. The summed E-state index contributed by atoms with van der Waals surface area (Å²) in [6.07, 6.45) is -4.37. The Morgan fingerprint density at radius 1 is 1.31 bits per heavy atom. The molecule has 0 unspecified atom stereocenters. The predicted molar refractivity (Wildman–Crippen MR) is 46.4 cm³/mol. The molecule has 0 saturated carbocycles. The number of aromatic nitrogens is 1. The van der Waals surface area contributed by atoms with E-state index in [-0.39, 0.29) is 4.60 Å². The molecular weight excluding hydrogens is 247 g/mol. The zero-order chi connectivity index (χ0) is 10.2. The zero-order valence-corrected chi connectivity index (χ0v) is 8.62. The maximum Gasteiger partial charge on any atom is 0.433 e. The van der Waals surface area contributed by atoms with E-state index in [4.69, 9.17) is 0 Å². The molecule has 0 fully saturated rings. The summed E-state index contributed by atoms with van der Waals surface area (Å²) in [6.45, 7) is 3.34. The van der Waals surface area contributed by atoms with Gasteiger partial charge in [0.25, 0.3) is 0 Å². The summed E-state index contributed by atoms with van der Waals surface area (Å²) in [4.78, 5) is 3.40. The molecule has 0 saturated heterocycles. The van der Waals surface area contributed by atoms with Crippen molar-refractivity contribution in [1.82, 2.24) is 4.98 Å². The van der Waals surface area contributed by atoms with Crippen LogP contribution in [0.5, 0.6) is 0 Å². The highest BCUT2D eigenvalue weighted by molar-refractivity contribution is 9.10. The molecule has 0 spiro atoms. The third-order valence-corrected chi connectivity index (χ3v) is 2.54. The van der Waals surface area contributed by atoms with Crippen LogP contribution >= 0.6 is 15.9 Å². The van der Waals surface area contributed by atoms with Gasteiger partial charge in [0.1, 0.15) is 10.3 Å². The van der Waals surface area contributed by atoms with E-state index < -0.39 is 11.9 Å². The van der Waals surface area contributed by atoms with Crippen LogP contribution in [0.1, 0.15) is 16.8 Å². The monoisotopic (exact) mass is 253 g/mol. The van der Waals surface area contributed by atoms with Crippen LogP contribution in [-0.2, 0) is 6.18 Å². The van der Waals surface area contributed by atoms with Crippen molar-refractivity contribution in [3.8, 4) is 0 Å². The summed E-state index contributed by atoms with van der Waals surface area (Å²) in [5, 5.41) is 0. The highest BCUT2D eigenvalue weighted by Crippen LogP contribution is 2.30. The van der Waals surface area contributed by atoms with Crippen molar-refractivity contribution in [3.63, 3.8) is 0 Å². The van der Waals surface area contributed by atoms with Crippen molar-refractivity contribution in [2.45, 2.75) is 20.0 Å². The van der Waals surface area contributed by atoms with Crippen molar-refractivity contribution < 1.29 is 13.2 Å². The van der Waals surface area contributed by atoms with Crippen molar-refractivity contribution in [2.24, 2.45) is 0 Å². The largest absolute Gasteiger partial charge is 0.433 e. The van der Waals surface area contributed by atoms with Crippen LogP contribution in [0, 0.1) is 13.8 Å². The van der Waals surface area contributed by atoms with E-state index in [1.807, 2.05) is 0 Å². The first kappa shape index (κ1) is 10.5. The molecule has 1 nitrogen and oxygen atoms in total. The van der Waals surface area contributed by atoms with Gasteiger partial charge in [-0.1, -0.05) is 0 Å². The summed E-state index contributed by atoms with van der Waals surface area (Å²) in [7, 11) is 0. The van der Waals surface area contributed by atoms with Gasteiger partial charge in [-0.05, 0) is 47.0 Å². The molecule has 5 heteroatoms. The Hall–Kier alpha value is -0.580. The fraction of sp³-hybridized carbons (Fsp3) is 0.375. The Morgan fingerprint density at radius 2 is 1.85 bits per heavy atom. The number of pyridine rings is 1. The van der Waals surface area contributed by atoms with Gasteiger partial charge in [-0.2, -0.15) is 13.2 Å². The van der Waals surface area contributed by atoms with Gasteiger partial charge in [0, 0.05) is 0 Å². The molecule has 0 aliphatic rings. The number of hydrogen-bond donors (Lipinski definition) is 0. The van der Waals surface area contributed by atoms with Crippen molar-refractivity contribution in [1.29, 1.82) is 0 Å². The molecule has 0 aromatic carbocycles. The summed E-state index contributed by atoms with van der Waals surface area (Å²) in [5.74, 6) is 0. The highest BCUT2D eigenvalue weighted by atomic mass is 79.9. The van der Waals surface area contributed by atoms with Gasteiger partial charge in [-0.15, -0.1) is 0 Å². The van der Waals surface area contributed by atoms with Gasteiger partial charge in [-0.3, -0.25) is 0 Å². The van der Waals surface area contributed by atoms with Crippen LogP contribution in [0.25, 0.3) is 0 Å². The number of hydrogen-bond acceptors (Lipinski definition) is 1. The minimum absolute atomic E-state index is 0.250. The van der Waals surface area contributed by atoms with E-state index in [2.05, 4.69) is 20.9 Å². The molecule has 0 amide bonds. The zero-order valence-electron chi connectivity index (χ0n) is 7.04.